The molecule has 0 spiro atoms. The van der Waals surface area contributed by atoms with Crippen LogP contribution in [-0.2, 0) is 4.79 Å². The molecule has 0 radical (unpaired) electrons. The van der Waals surface area contributed by atoms with E-state index in [9.17, 15) is 4.79 Å². The SMILES string of the molecule is C#CC(C)NC(=O)C1CCCC(C)C1. The molecule has 1 amide bonds. The van der Waals surface area contributed by atoms with Gasteiger partial charge < -0.3 is 5.32 Å². The minimum absolute atomic E-state index is 0.139. The molecule has 3 unspecified atom stereocenters. The average molecular weight is 193 g/mol. The third-order valence-electron chi connectivity index (χ3n) is 2.92. The van der Waals surface area contributed by atoms with Crippen molar-refractivity contribution in [1.29, 1.82) is 0 Å². The summed E-state index contributed by atoms with van der Waals surface area (Å²) in [6, 6.07) is -0.139. The number of hydrogen-bond acceptors (Lipinski definition) is 1. The summed E-state index contributed by atoms with van der Waals surface area (Å²) in [4.78, 5) is 11.7. The third-order valence-corrected chi connectivity index (χ3v) is 2.92. The Morgan fingerprint density at radius 2 is 2.29 bits per heavy atom. The van der Waals surface area contributed by atoms with Gasteiger partial charge in [0.15, 0.2) is 0 Å². The summed E-state index contributed by atoms with van der Waals surface area (Å²) < 4.78 is 0. The maximum Gasteiger partial charge on any atom is 0.224 e. The maximum absolute atomic E-state index is 11.7. The van der Waals surface area contributed by atoms with E-state index in [-0.39, 0.29) is 17.9 Å². The van der Waals surface area contributed by atoms with Gasteiger partial charge in [-0.25, -0.2) is 0 Å². The summed E-state index contributed by atoms with van der Waals surface area (Å²) in [5.41, 5.74) is 0. The van der Waals surface area contributed by atoms with E-state index < -0.39 is 0 Å². The van der Waals surface area contributed by atoms with E-state index in [1.54, 1.807) is 0 Å². The maximum atomic E-state index is 11.7. The quantitative estimate of drug-likeness (QED) is 0.667. The zero-order chi connectivity index (χ0) is 10.6. The zero-order valence-electron chi connectivity index (χ0n) is 9.05. The smallest absolute Gasteiger partial charge is 0.224 e. The van der Waals surface area contributed by atoms with E-state index in [1.807, 2.05) is 6.92 Å². The van der Waals surface area contributed by atoms with Gasteiger partial charge in [-0.05, 0) is 25.7 Å². The molecule has 0 aromatic rings. The highest BCUT2D eigenvalue weighted by atomic mass is 16.1. The predicted molar refractivity (Wildman–Crippen MR) is 57.6 cm³/mol. The van der Waals surface area contributed by atoms with E-state index >= 15 is 0 Å². The van der Waals surface area contributed by atoms with E-state index in [4.69, 9.17) is 6.42 Å². The normalized spacial score (nSPS) is 28.9. The van der Waals surface area contributed by atoms with Gasteiger partial charge >= 0.3 is 0 Å². The molecule has 1 rings (SSSR count). The van der Waals surface area contributed by atoms with Gasteiger partial charge in [-0.2, -0.15) is 0 Å². The second-order valence-electron chi connectivity index (χ2n) is 4.37. The summed E-state index contributed by atoms with van der Waals surface area (Å²) in [7, 11) is 0. The van der Waals surface area contributed by atoms with E-state index in [0.29, 0.717) is 5.92 Å². The number of hydrogen-bond donors (Lipinski definition) is 1. The highest BCUT2D eigenvalue weighted by Crippen LogP contribution is 2.28. The first-order chi connectivity index (χ1) is 6.63. The van der Waals surface area contributed by atoms with Crippen molar-refractivity contribution >= 4 is 5.91 Å². The molecular weight excluding hydrogens is 174 g/mol. The monoisotopic (exact) mass is 193 g/mol. The number of amides is 1. The Hall–Kier alpha value is -0.970. The molecular formula is C12H19NO. The van der Waals surface area contributed by atoms with Crippen molar-refractivity contribution in [3.8, 4) is 12.3 Å². The molecule has 78 valence electrons. The summed E-state index contributed by atoms with van der Waals surface area (Å²) in [5.74, 6) is 3.53. The lowest BCUT2D eigenvalue weighted by molar-refractivity contribution is -0.126. The predicted octanol–water partition coefficient (Wildman–Crippen LogP) is 1.95. The van der Waals surface area contributed by atoms with Crippen LogP contribution in [0.25, 0.3) is 0 Å². The van der Waals surface area contributed by atoms with Gasteiger partial charge in [-0.3, -0.25) is 4.79 Å². The van der Waals surface area contributed by atoms with E-state index in [2.05, 4.69) is 18.2 Å². The number of rotatable bonds is 2. The van der Waals surface area contributed by atoms with Gasteiger partial charge in [0, 0.05) is 5.92 Å². The molecule has 2 heteroatoms. The number of carbonyl (C=O) groups excluding carboxylic acids is 1. The molecule has 1 aliphatic carbocycles. The lowest BCUT2D eigenvalue weighted by Gasteiger charge is -2.26. The van der Waals surface area contributed by atoms with E-state index in [0.717, 1.165) is 12.8 Å². The molecule has 0 aliphatic heterocycles. The Balaban J connectivity index is 2.40. The minimum atomic E-state index is -0.139. The molecule has 3 atom stereocenters. The fourth-order valence-corrected chi connectivity index (χ4v) is 2.05. The van der Waals surface area contributed by atoms with Crippen molar-refractivity contribution in [2.45, 2.75) is 45.6 Å². The molecule has 0 aromatic carbocycles. The molecule has 1 N–H and O–H groups in total. The number of terminal acetylenes is 1. The second kappa shape index (κ2) is 5.05. The van der Waals surface area contributed by atoms with Gasteiger partial charge in [0.05, 0.1) is 6.04 Å². The lowest BCUT2D eigenvalue weighted by Crippen LogP contribution is -2.38. The third kappa shape index (κ3) is 3.06. The van der Waals surface area contributed by atoms with Crippen LogP contribution in [0.2, 0.25) is 0 Å². The molecule has 14 heavy (non-hydrogen) atoms. The van der Waals surface area contributed by atoms with Crippen molar-refractivity contribution in [2.24, 2.45) is 11.8 Å². The second-order valence-corrected chi connectivity index (χ2v) is 4.37. The zero-order valence-corrected chi connectivity index (χ0v) is 9.05. The van der Waals surface area contributed by atoms with Crippen LogP contribution >= 0.6 is 0 Å². The minimum Gasteiger partial charge on any atom is -0.343 e. The van der Waals surface area contributed by atoms with Crippen molar-refractivity contribution < 1.29 is 4.79 Å². The topological polar surface area (TPSA) is 29.1 Å². The van der Waals surface area contributed by atoms with Gasteiger partial charge in [-0.15, -0.1) is 6.42 Å². The number of nitrogens with one attached hydrogen (secondary N) is 1. The van der Waals surface area contributed by atoms with E-state index in [1.165, 1.54) is 12.8 Å². The summed E-state index contributed by atoms with van der Waals surface area (Å²) >= 11 is 0. The molecule has 1 aliphatic rings. The first kappa shape index (κ1) is 11.1. The molecule has 2 nitrogen and oxygen atoms in total. The van der Waals surface area contributed by atoms with Gasteiger partial charge in [-0.1, -0.05) is 25.7 Å². The standard InChI is InChI=1S/C12H19NO/c1-4-10(3)13-12(14)11-7-5-6-9(2)8-11/h1,9-11H,5-8H2,2-3H3,(H,13,14). The van der Waals surface area contributed by atoms with Crippen LogP contribution in [-0.4, -0.2) is 11.9 Å². The first-order valence-electron chi connectivity index (χ1n) is 5.40. The Bertz CT molecular complexity index is 241. The highest BCUT2D eigenvalue weighted by molar-refractivity contribution is 5.79. The Morgan fingerprint density at radius 1 is 1.57 bits per heavy atom. The van der Waals surface area contributed by atoms with Crippen LogP contribution in [0, 0.1) is 24.2 Å². The Labute approximate surface area is 86.5 Å². The molecule has 0 aromatic heterocycles. The fraction of sp³-hybridized carbons (Fsp3) is 0.750. The average Bonchev–Trinajstić information content (AvgIpc) is 2.17. The van der Waals surface area contributed by atoms with Crippen LogP contribution in [0.3, 0.4) is 0 Å². The van der Waals surface area contributed by atoms with Crippen LogP contribution in [0.4, 0.5) is 0 Å². The first-order valence-corrected chi connectivity index (χ1v) is 5.40. The number of carbonyl (C=O) groups is 1. The van der Waals surface area contributed by atoms with Crippen LogP contribution in [0.5, 0.6) is 0 Å². The van der Waals surface area contributed by atoms with Crippen LogP contribution < -0.4 is 5.32 Å². The highest BCUT2D eigenvalue weighted by Gasteiger charge is 2.25. The van der Waals surface area contributed by atoms with Gasteiger partial charge in [0.25, 0.3) is 0 Å². The molecule has 0 saturated heterocycles. The van der Waals surface area contributed by atoms with Crippen molar-refractivity contribution in [2.75, 3.05) is 0 Å². The fourth-order valence-electron chi connectivity index (χ4n) is 2.05. The molecule has 1 saturated carbocycles. The largest absolute Gasteiger partial charge is 0.343 e. The van der Waals surface area contributed by atoms with Crippen molar-refractivity contribution in [3.63, 3.8) is 0 Å². The van der Waals surface area contributed by atoms with Crippen LogP contribution in [0.15, 0.2) is 0 Å². The molecule has 0 bridgehead atoms. The lowest BCUT2D eigenvalue weighted by atomic mass is 9.82. The van der Waals surface area contributed by atoms with Crippen molar-refractivity contribution in [1.82, 2.24) is 5.32 Å². The van der Waals surface area contributed by atoms with Crippen molar-refractivity contribution in [3.05, 3.63) is 0 Å². The molecule has 1 fully saturated rings. The summed E-state index contributed by atoms with van der Waals surface area (Å²) in [6.45, 7) is 4.05. The Kier molecular flexibility index (Phi) is 4.00. The van der Waals surface area contributed by atoms with Gasteiger partial charge in [0.2, 0.25) is 5.91 Å². The summed E-state index contributed by atoms with van der Waals surface area (Å²) in [5, 5.41) is 2.84. The molecule has 0 heterocycles. The van der Waals surface area contributed by atoms with Crippen LogP contribution in [0.1, 0.15) is 39.5 Å². The Morgan fingerprint density at radius 3 is 2.86 bits per heavy atom. The van der Waals surface area contributed by atoms with Gasteiger partial charge in [0.1, 0.15) is 0 Å². The summed E-state index contributed by atoms with van der Waals surface area (Å²) in [6.07, 6.45) is 9.68.